The molecule has 0 radical (unpaired) electrons. The molecule has 0 fully saturated rings. The molecule has 1 amide bonds. The predicted octanol–water partition coefficient (Wildman–Crippen LogP) is 1.49. The van der Waals surface area contributed by atoms with Gasteiger partial charge in [-0.25, -0.2) is 9.18 Å². The molecule has 0 unspecified atom stereocenters. The molecule has 0 atom stereocenters. The third kappa shape index (κ3) is 3.33. The molecule has 0 aromatic heterocycles. The van der Waals surface area contributed by atoms with Crippen LogP contribution in [0.15, 0.2) is 23.4 Å². The lowest BCUT2D eigenvalue weighted by atomic mass is 10.1. The molecular formula is C10H12FN3O3. The van der Waals surface area contributed by atoms with E-state index in [-0.39, 0.29) is 23.7 Å². The zero-order valence-corrected chi connectivity index (χ0v) is 9.11. The zero-order valence-electron chi connectivity index (χ0n) is 9.11. The highest BCUT2D eigenvalue weighted by Gasteiger charge is 2.10. The molecule has 17 heavy (non-hydrogen) atoms. The van der Waals surface area contributed by atoms with Crippen LogP contribution in [0.2, 0.25) is 0 Å². The smallest absolute Gasteiger partial charge is 0.411 e. The number of nitrogens with one attached hydrogen (secondary N) is 1. The molecule has 0 spiro atoms. The summed E-state index contributed by atoms with van der Waals surface area (Å²) in [7, 11) is 0. The van der Waals surface area contributed by atoms with E-state index in [0.717, 1.165) is 6.07 Å². The molecule has 1 aromatic carbocycles. The number of nitrogens with two attached hydrogens (primary N) is 1. The van der Waals surface area contributed by atoms with Gasteiger partial charge in [0.1, 0.15) is 5.82 Å². The molecule has 0 saturated carbocycles. The molecule has 0 bridgehead atoms. The Kier molecular flexibility index (Phi) is 4.27. The Hall–Kier alpha value is -2.31. The minimum Gasteiger partial charge on any atom is -0.450 e. The topological polar surface area (TPSA) is 96.9 Å². The second-order valence-electron chi connectivity index (χ2n) is 3.03. The number of amides is 1. The number of amidine groups is 1. The van der Waals surface area contributed by atoms with E-state index >= 15 is 0 Å². The van der Waals surface area contributed by atoms with E-state index in [1.807, 2.05) is 0 Å². The van der Waals surface area contributed by atoms with Crippen LogP contribution in [0.4, 0.5) is 14.9 Å². The number of hydrogen-bond acceptors (Lipinski definition) is 4. The van der Waals surface area contributed by atoms with E-state index < -0.39 is 11.9 Å². The van der Waals surface area contributed by atoms with Gasteiger partial charge in [-0.3, -0.25) is 5.32 Å². The summed E-state index contributed by atoms with van der Waals surface area (Å²) in [6, 6.07) is 3.66. The van der Waals surface area contributed by atoms with Gasteiger partial charge in [-0.15, -0.1) is 0 Å². The summed E-state index contributed by atoms with van der Waals surface area (Å²) in [5, 5.41) is 13.5. The molecule has 0 saturated heterocycles. The standard InChI is InChI=1S/C10H12FN3O3/c1-2-17-10(15)13-6-3-4-8(11)7(5-6)9(12)14-16/h3-5,16H,2H2,1H3,(H2,12,14)(H,13,15). The third-order valence-corrected chi connectivity index (χ3v) is 1.87. The quantitative estimate of drug-likeness (QED) is 0.323. The van der Waals surface area contributed by atoms with Crippen LogP contribution in [0.3, 0.4) is 0 Å². The first-order valence-electron chi connectivity index (χ1n) is 4.79. The fraction of sp³-hybridized carbons (Fsp3) is 0.200. The maximum absolute atomic E-state index is 13.3. The average molecular weight is 241 g/mol. The monoisotopic (exact) mass is 241 g/mol. The van der Waals surface area contributed by atoms with E-state index in [0.29, 0.717) is 0 Å². The number of carbonyl (C=O) groups excluding carboxylic acids is 1. The summed E-state index contributed by atoms with van der Waals surface area (Å²) in [5.74, 6) is -1.04. The number of anilines is 1. The summed E-state index contributed by atoms with van der Waals surface area (Å²) in [5.41, 5.74) is 5.44. The molecule has 7 heteroatoms. The highest BCUT2D eigenvalue weighted by molar-refractivity contribution is 5.98. The van der Waals surface area contributed by atoms with Crippen molar-refractivity contribution in [2.24, 2.45) is 10.9 Å². The molecule has 92 valence electrons. The number of oxime groups is 1. The number of carbonyl (C=O) groups is 1. The van der Waals surface area contributed by atoms with Gasteiger partial charge in [0.05, 0.1) is 12.2 Å². The van der Waals surface area contributed by atoms with Crippen molar-refractivity contribution in [2.45, 2.75) is 6.92 Å². The summed E-state index contributed by atoms with van der Waals surface area (Å²) in [6.07, 6.45) is -0.662. The minimum absolute atomic E-state index is 0.109. The van der Waals surface area contributed by atoms with Gasteiger partial charge in [-0.2, -0.15) is 0 Å². The lowest BCUT2D eigenvalue weighted by Crippen LogP contribution is -2.17. The van der Waals surface area contributed by atoms with Crippen LogP contribution in [0.1, 0.15) is 12.5 Å². The molecule has 0 heterocycles. The summed E-state index contributed by atoms with van der Waals surface area (Å²) in [6.45, 7) is 1.88. The van der Waals surface area contributed by atoms with Crippen molar-refractivity contribution in [3.63, 3.8) is 0 Å². The number of benzene rings is 1. The number of halogens is 1. The fourth-order valence-corrected chi connectivity index (χ4v) is 1.14. The maximum Gasteiger partial charge on any atom is 0.411 e. The van der Waals surface area contributed by atoms with Crippen LogP contribution in [-0.4, -0.2) is 23.7 Å². The van der Waals surface area contributed by atoms with Gasteiger partial charge in [0.15, 0.2) is 5.84 Å². The largest absolute Gasteiger partial charge is 0.450 e. The van der Waals surface area contributed by atoms with E-state index in [9.17, 15) is 9.18 Å². The van der Waals surface area contributed by atoms with E-state index in [2.05, 4.69) is 15.2 Å². The van der Waals surface area contributed by atoms with Crippen molar-refractivity contribution in [3.05, 3.63) is 29.6 Å². The van der Waals surface area contributed by atoms with Crippen molar-refractivity contribution in [3.8, 4) is 0 Å². The average Bonchev–Trinajstić information content (AvgIpc) is 2.31. The fourth-order valence-electron chi connectivity index (χ4n) is 1.14. The number of nitrogens with zero attached hydrogens (tertiary/aromatic N) is 1. The first kappa shape index (κ1) is 12.8. The highest BCUT2D eigenvalue weighted by atomic mass is 19.1. The number of ether oxygens (including phenoxy) is 1. The molecule has 6 nitrogen and oxygen atoms in total. The van der Waals surface area contributed by atoms with Gasteiger partial charge in [0.2, 0.25) is 0 Å². The van der Waals surface area contributed by atoms with Crippen molar-refractivity contribution in [1.82, 2.24) is 0 Å². The summed E-state index contributed by atoms with van der Waals surface area (Å²) in [4.78, 5) is 11.1. The Balaban J connectivity index is 2.93. The van der Waals surface area contributed by atoms with Crippen molar-refractivity contribution >= 4 is 17.6 Å². The Bertz CT molecular complexity index is 448. The van der Waals surface area contributed by atoms with Crippen LogP contribution in [0.5, 0.6) is 0 Å². The Morgan fingerprint density at radius 1 is 1.65 bits per heavy atom. The summed E-state index contributed by atoms with van der Waals surface area (Å²) < 4.78 is 17.9. The van der Waals surface area contributed by atoms with Crippen molar-refractivity contribution < 1.29 is 19.1 Å². The lowest BCUT2D eigenvalue weighted by Gasteiger charge is -2.07. The molecule has 1 rings (SSSR count). The Morgan fingerprint density at radius 2 is 2.35 bits per heavy atom. The van der Waals surface area contributed by atoms with Crippen LogP contribution >= 0.6 is 0 Å². The van der Waals surface area contributed by atoms with E-state index in [1.165, 1.54) is 12.1 Å². The number of hydrogen-bond donors (Lipinski definition) is 3. The van der Waals surface area contributed by atoms with Crippen LogP contribution in [-0.2, 0) is 4.74 Å². The van der Waals surface area contributed by atoms with Gasteiger partial charge >= 0.3 is 6.09 Å². The molecule has 0 aliphatic rings. The minimum atomic E-state index is -0.662. The molecule has 0 aliphatic heterocycles. The van der Waals surface area contributed by atoms with Crippen molar-refractivity contribution in [2.75, 3.05) is 11.9 Å². The second-order valence-corrected chi connectivity index (χ2v) is 3.03. The summed E-state index contributed by atoms with van der Waals surface area (Å²) >= 11 is 0. The van der Waals surface area contributed by atoms with Gasteiger partial charge in [0, 0.05) is 5.69 Å². The van der Waals surface area contributed by atoms with Gasteiger partial charge in [0.25, 0.3) is 0 Å². The zero-order chi connectivity index (χ0) is 12.8. The molecule has 0 aliphatic carbocycles. The maximum atomic E-state index is 13.3. The third-order valence-electron chi connectivity index (χ3n) is 1.87. The molecule has 1 aromatic rings. The molecular weight excluding hydrogens is 229 g/mol. The van der Waals surface area contributed by atoms with E-state index in [4.69, 9.17) is 10.9 Å². The normalized spacial score (nSPS) is 11.1. The van der Waals surface area contributed by atoms with Crippen LogP contribution < -0.4 is 11.1 Å². The second kappa shape index (κ2) is 5.69. The van der Waals surface area contributed by atoms with Gasteiger partial charge in [-0.1, -0.05) is 5.16 Å². The SMILES string of the molecule is CCOC(=O)Nc1ccc(F)c(C(N)=NO)c1. The van der Waals surface area contributed by atoms with E-state index in [1.54, 1.807) is 6.92 Å². The Labute approximate surface area is 96.9 Å². The van der Waals surface area contributed by atoms with Crippen molar-refractivity contribution in [1.29, 1.82) is 0 Å². The van der Waals surface area contributed by atoms with Gasteiger partial charge in [-0.05, 0) is 25.1 Å². The Morgan fingerprint density at radius 3 is 2.94 bits per heavy atom. The van der Waals surface area contributed by atoms with Crippen LogP contribution in [0, 0.1) is 5.82 Å². The highest BCUT2D eigenvalue weighted by Crippen LogP contribution is 2.14. The van der Waals surface area contributed by atoms with Crippen LogP contribution in [0.25, 0.3) is 0 Å². The molecule has 4 N–H and O–H groups in total. The predicted molar refractivity (Wildman–Crippen MR) is 59.6 cm³/mol. The first-order valence-corrected chi connectivity index (χ1v) is 4.79. The van der Waals surface area contributed by atoms with Gasteiger partial charge < -0.3 is 15.7 Å². The number of rotatable bonds is 3. The first-order chi connectivity index (χ1) is 8.08. The lowest BCUT2D eigenvalue weighted by molar-refractivity contribution is 0.168.